The second-order valence-corrected chi connectivity index (χ2v) is 1.69. The Hall–Kier alpha value is -1.14. The van der Waals surface area contributed by atoms with Gasteiger partial charge in [0.25, 0.3) is 0 Å². The number of rotatable bonds is 3. The summed E-state index contributed by atoms with van der Waals surface area (Å²) < 4.78 is 0. The lowest BCUT2D eigenvalue weighted by Gasteiger charge is -2.09. The third-order valence-corrected chi connectivity index (χ3v) is 0.882. The summed E-state index contributed by atoms with van der Waals surface area (Å²) in [4.78, 5) is 20.1. The summed E-state index contributed by atoms with van der Waals surface area (Å²) in [5, 5.41) is 17.1. The van der Waals surface area contributed by atoms with Gasteiger partial charge >= 0.3 is 0 Å². The van der Waals surface area contributed by atoms with Gasteiger partial charge in [-0.2, -0.15) is 0 Å². The zero-order valence-corrected chi connectivity index (χ0v) is 5.02. The van der Waals surface area contributed by atoms with E-state index in [2.05, 4.69) is 11.5 Å². The molecular formula is C4H8N2O4. The summed E-state index contributed by atoms with van der Waals surface area (Å²) in [6.07, 6.45) is -3.84. The van der Waals surface area contributed by atoms with Gasteiger partial charge in [-0.1, -0.05) is 0 Å². The fourth-order valence-electron chi connectivity index (χ4n) is 0.311. The number of hydrogen-bond donors (Lipinski definition) is 4. The number of aliphatic hydroxyl groups excluding tert-OH is 2. The Bertz CT molecular complexity index is 139. The number of primary amides is 2. The van der Waals surface area contributed by atoms with Crippen LogP contribution in [0.15, 0.2) is 0 Å². The lowest BCUT2D eigenvalue weighted by Crippen LogP contribution is -2.46. The average Bonchev–Trinajstić information content (AvgIpc) is 1.84. The van der Waals surface area contributed by atoms with Gasteiger partial charge in [-0.05, 0) is 0 Å². The van der Waals surface area contributed by atoms with Crippen molar-refractivity contribution in [2.75, 3.05) is 0 Å². The van der Waals surface area contributed by atoms with Crippen LogP contribution in [0, 0.1) is 0 Å². The molecule has 0 aliphatic rings. The monoisotopic (exact) mass is 148 g/mol. The van der Waals surface area contributed by atoms with E-state index in [4.69, 9.17) is 10.2 Å². The van der Waals surface area contributed by atoms with Crippen molar-refractivity contribution in [2.24, 2.45) is 11.5 Å². The minimum absolute atomic E-state index is 1.19. The van der Waals surface area contributed by atoms with Crippen LogP contribution >= 0.6 is 0 Å². The Morgan fingerprint density at radius 2 is 1.20 bits per heavy atom. The maximum atomic E-state index is 10.0. The van der Waals surface area contributed by atoms with Crippen molar-refractivity contribution in [1.29, 1.82) is 0 Å². The Morgan fingerprint density at radius 3 is 1.30 bits per heavy atom. The van der Waals surface area contributed by atoms with E-state index in [1.807, 2.05) is 0 Å². The molecule has 0 unspecified atom stereocenters. The molecule has 0 bridgehead atoms. The lowest BCUT2D eigenvalue weighted by molar-refractivity contribution is -0.142. The van der Waals surface area contributed by atoms with Crippen molar-refractivity contribution in [3.05, 3.63) is 0 Å². The van der Waals surface area contributed by atoms with Crippen LogP contribution in [0.1, 0.15) is 0 Å². The molecule has 0 rings (SSSR count). The largest absolute Gasteiger partial charge is 0.380 e. The first-order valence-electron chi connectivity index (χ1n) is 2.41. The van der Waals surface area contributed by atoms with E-state index in [0.717, 1.165) is 0 Å². The molecule has 0 spiro atoms. The van der Waals surface area contributed by atoms with Gasteiger partial charge in [-0.3, -0.25) is 9.59 Å². The molecule has 0 saturated heterocycles. The highest BCUT2D eigenvalue weighted by Crippen LogP contribution is 1.89. The average molecular weight is 148 g/mol. The Labute approximate surface area is 56.4 Å². The summed E-state index contributed by atoms with van der Waals surface area (Å²) in [7, 11) is 0. The molecule has 2 amide bonds. The first kappa shape index (κ1) is 8.86. The quantitative estimate of drug-likeness (QED) is 0.334. The predicted octanol–water partition coefficient (Wildman–Crippen LogP) is -3.32. The van der Waals surface area contributed by atoms with Crippen LogP contribution in [-0.4, -0.2) is 34.2 Å². The Kier molecular flexibility index (Phi) is 2.78. The van der Waals surface area contributed by atoms with E-state index < -0.39 is 24.0 Å². The maximum absolute atomic E-state index is 10.0. The second kappa shape index (κ2) is 3.14. The molecule has 0 aromatic rings. The van der Waals surface area contributed by atoms with E-state index in [0.29, 0.717) is 0 Å². The molecule has 0 aliphatic heterocycles. The topological polar surface area (TPSA) is 127 Å². The molecule has 10 heavy (non-hydrogen) atoms. The number of aliphatic hydroxyl groups is 2. The molecule has 2 atom stereocenters. The van der Waals surface area contributed by atoms with Gasteiger partial charge < -0.3 is 21.7 Å². The summed E-state index contributed by atoms with van der Waals surface area (Å²) in [6.45, 7) is 0. The third kappa shape index (κ3) is 2.00. The van der Waals surface area contributed by atoms with Crippen LogP contribution in [0.4, 0.5) is 0 Å². The lowest BCUT2D eigenvalue weighted by atomic mass is 10.2. The van der Waals surface area contributed by atoms with Crippen LogP contribution < -0.4 is 11.5 Å². The van der Waals surface area contributed by atoms with E-state index >= 15 is 0 Å². The normalized spacial score (nSPS) is 15.8. The summed E-state index contributed by atoms with van der Waals surface area (Å²) in [5.41, 5.74) is 9.04. The molecule has 0 radical (unpaired) electrons. The van der Waals surface area contributed by atoms with Gasteiger partial charge in [0.05, 0.1) is 0 Å². The minimum atomic E-state index is -1.92. The van der Waals surface area contributed by atoms with Crippen LogP contribution in [-0.2, 0) is 9.59 Å². The third-order valence-electron chi connectivity index (χ3n) is 0.882. The Balaban J connectivity index is 4.07. The van der Waals surface area contributed by atoms with Crippen LogP contribution in [0.5, 0.6) is 0 Å². The van der Waals surface area contributed by atoms with Gasteiger partial charge in [0, 0.05) is 0 Å². The zero-order chi connectivity index (χ0) is 8.31. The Morgan fingerprint density at radius 1 is 1.00 bits per heavy atom. The standard InChI is InChI=1S/C4H8N2O4/c5-3(9)1(7)2(8)4(6)10/h1-2,7-8H,(H2,5,9)(H2,6,10)/t1-,2-/m1/s1. The van der Waals surface area contributed by atoms with Gasteiger partial charge in [-0.15, -0.1) is 0 Å². The predicted molar refractivity (Wildman–Crippen MR) is 30.4 cm³/mol. The zero-order valence-electron chi connectivity index (χ0n) is 5.02. The van der Waals surface area contributed by atoms with Gasteiger partial charge in [0.1, 0.15) is 0 Å². The number of carbonyl (C=O) groups excluding carboxylic acids is 2. The van der Waals surface area contributed by atoms with Crippen LogP contribution in [0.2, 0.25) is 0 Å². The first-order valence-corrected chi connectivity index (χ1v) is 2.41. The van der Waals surface area contributed by atoms with E-state index in [-0.39, 0.29) is 0 Å². The van der Waals surface area contributed by atoms with Crippen molar-refractivity contribution in [2.45, 2.75) is 12.2 Å². The number of amides is 2. The molecule has 6 heteroatoms. The van der Waals surface area contributed by atoms with Crippen molar-refractivity contribution in [3.63, 3.8) is 0 Å². The highest BCUT2D eigenvalue weighted by molar-refractivity contribution is 5.88. The van der Waals surface area contributed by atoms with Crippen molar-refractivity contribution in [1.82, 2.24) is 0 Å². The second-order valence-electron chi connectivity index (χ2n) is 1.69. The summed E-state index contributed by atoms with van der Waals surface area (Å²) in [6, 6.07) is 0. The maximum Gasteiger partial charge on any atom is 0.249 e. The molecule has 0 aromatic carbocycles. The number of hydrogen-bond acceptors (Lipinski definition) is 4. The van der Waals surface area contributed by atoms with Crippen molar-refractivity contribution in [3.8, 4) is 0 Å². The molecule has 0 heterocycles. The summed E-state index contributed by atoms with van der Waals surface area (Å²) in [5.74, 6) is -2.38. The fraction of sp³-hybridized carbons (Fsp3) is 0.500. The first-order chi connectivity index (χ1) is 4.46. The smallest absolute Gasteiger partial charge is 0.249 e. The van der Waals surface area contributed by atoms with Gasteiger partial charge in [-0.25, -0.2) is 0 Å². The van der Waals surface area contributed by atoms with E-state index in [1.54, 1.807) is 0 Å². The highest BCUT2D eigenvalue weighted by atomic mass is 16.3. The number of nitrogens with two attached hydrogens (primary N) is 2. The van der Waals surface area contributed by atoms with Gasteiger partial charge in [0.15, 0.2) is 12.2 Å². The molecule has 6 N–H and O–H groups in total. The molecule has 0 fully saturated rings. The highest BCUT2D eigenvalue weighted by Gasteiger charge is 2.25. The molecular weight excluding hydrogens is 140 g/mol. The molecule has 58 valence electrons. The minimum Gasteiger partial charge on any atom is -0.380 e. The molecule has 0 saturated carbocycles. The number of carbonyl (C=O) groups is 2. The fourth-order valence-corrected chi connectivity index (χ4v) is 0.311. The van der Waals surface area contributed by atoms with Crippen molar-refractivity contribution >= 4 is 11.8 Å². The molecule has 0 aliphatic carbocycles. The van der Waals surface area contributed by atoms with Crippen LogP contribution in [0.3, 0.4) is 0 Å². The molecule has 6 nitrogen and oxygen atoms in total. The SMILES string of the molecule is NC(=O)[C@H](O)[C@@H](O)C(N)=O. The van der Waals surface area contributed by atoms with Crippen molar-refractivity contribution < 1.29 is 19.8 Å². The summed E-state index contributed by atoms with van der Waals surface area (Å²) >= 11 is 0. The van der Waals surface area contributed by atoms with E-state index in [1.165, 1.54) is 0 Å². The van der Waals surface area contributed by atoms with Crippen LogP contribution in [0.25, 0.3) is 0 Å². The molecule has 0 aromatic heterocycles. The van der Waals surface area contributed by atoms with E-state index in [9.17, 15) is 9.59 Å². The van der Waals surface area contributed by atoms with Gasteiger partial charge in [0.2, 0.25) is 11.8 Å².